The van der Waals surface area contributed by atoms with Gasteiger partial charge in [0.1, 0.15) is 6.04 Å². The normalized spacial score (nSPS) is 23.3. The highest BCUT2D eigenvalue weighted by atomic mass is 35.5. The average Bonchev–Trinajstić information content (AvgIpc) is 3.08. The number of allylic oxidation sites excluding steroid dienone is 2. The molecule has 2 atom stereocenters. The van der Waals surface area contributed by atoms with E-state index in [-0.39, 0.29) is 17.7 Å². The van der Waals surface area contributed by atoms with E-state index in [4.69, 9.17) is 23.2 Å². The first-order valence-electron chi connectivity index (χ1n) is 8.27. The van der Waals surface area contributed by atoms with Gasteiger partial charge in [-0.3, -0.25) is 9.59 Å². The minimum absolute atomic E-state index is 0.00171. The monoisotopic (exact) mass is 366 g/mol. The second-order valence-corrected chi connectivity index (χ2v) is 7.13. The molecule has 1 aliphatic carbocycles. The van der Waals surface area contributed by atoms with Crippen molar-refractivity contribution in [1.82, 2.24) is 4.90 Å². The SMILES string of the molecule is O=C(Nc1cc(Cl)ccc1Cl)C1CCCN1C(=O)C1CC=CCC1. The molecule has 1 aromatic carbocycles. The highest BCUT2D eigenvalue weighted by Crippen LogP contribution is 2.29. The fourth-order valence-corrected chi connectivity index (χ4v) is 3.70. The van der Waals surface area contributed by atoms with Crippen LogP contribution in [0.3, 0.4) is 0 Å². The number of hydrogen-bond acceptors (Lipinski definition) is 2. The Kier molecular flexibility index (Phi) is 5.47. The first-order valence-corrected chi connectivity index (χ1v) is 9.03. The molecule has 0 bridgehead atoms. The zero-order chi connectivity index (χ0) is 17.1. The third kappa shape index (κ3) is 3.76. The summed E-state index contributed by atoms with van der Waals surface area (Å²) in [5.41, 5.74) is 0.481. The molecular formula is C18H20Cl2N2O2. The zero-order valence-corrected chi connectivity index (χ0v) is 14.8. The second kappa shape index (κ2) is 7.58. The Morgan fingerprint density at radius 1 is 1.17 bits per heavy atom. The van der Waals surface area contributed by atoms with Crippen LogP contribution >= 0.6 is 23.2 Å². The van der Waals surface area contributed by atoms with E-state index < -0.39 is 6.04 Å². The van der Waals surface area contributed by atoms with E-state index in [0.29, 0.717) is 28.7 Å². The Labute approximate surface area is 151 Å². The molecule has 1 saturated heterocycles. The molecule has 0 aromatic heterocycles. The molecule has 0 spiro atoms. The predicted octanol–water partition coefficient (Wildman–Crippen LogP) is 4.28. The minimum atomic E-state index is -0.432. The van der Waals surface area contributed by atoms with E-state index in [2.05, 4.69) is 17.5 Å². The number of carbonyl (C=O) groups is 2. The van der Waals surface area contributed by atoms with Gasteiger partial charge in [0.2, 0.25) is 11.8 Å². The van der Waals surface area contributed by atoms with Crippen LogP contribution in [-0.2, 0) is 9.59 Å². The fourth-order valence-electron chi connectivity index (χ4n) is 3.36. The van der Waals surface area contributed by atoms with Gasteiger partial charge < -0.3 is 10.2 Å². The maximum Gasteiger partial charge on any atom is 0.247 e. The molecule has 24 heavy (non-hydrogen) atoms. The summed E-state index contributed by atoms with van der Waals surface area (Å²) in [6, 6.07) is 4.50. The van der Waals surface area contributed by atoms with Crippen molar-refractivity contribution in [2.24, 2.45) is 5.92 Å². The fraction of sp³-hybridized carbons (Fsp3) is 0.444. The number of rotatable bonds is 3. The van der Waals surface area contributed by atoms with Crippen molar-refractivity contribution in [2.75, 3.05) is 11.9 Å². The molecule has 2 aliphatic rings. The number of nitrogens with zero attached hydrogens (tertiary/aromatic N) is 1. The smallest absolute Gasteiger partial charge is 0.247 e. The van der Waals surface area contributed by atoms with Crippen LogP contribution in [0.2, 0.25) is 10.0 Å². The summed E-state index contributed by atoms with van der Waals surface area (Å²) in [5.74, 6) is -0.108. The Morgan fingerprint density at radius 3 is 2.75 bits per heavy atom. The van der Waals surface area contributed by atoms with Crippen LogP contribution in [0.15, 0.2) is 30.4 Å². The van der Waals surface area contributed by atoms with E-state index in [0.717, 1.165) is 25.7 Å². The highest BCUT2D eigenvalue weighted by molar-refractivity contribution is 6.35. The molecule has 2 unspecified atom stereocenters. The number of hydrogen-bond donors (Lipinski definition) is 1. The van der Waals surface area contributed by atoms with Gasteiger partial charge in [0.25, 0.3) is 0 Å². The summed E-state index contributed by atoms with van der Waals surface area (Å²) < 4.78 is 0. The molecule has 0 radical (unpaired) electrons. The van der Waals surface area contributed by atoms with Gasteiger partial charge in [-0.05, 0) is 50.3 Å². The van der Waals surface area contributed by atoms with E-state index in [1.165, 1.54) is 0 Å². The number of benzene rings is 1. The zero-order valence-electron chi connectivity index (χ0n) is 13.3. The molecule has 6 heteroatoms. The third-order valence-corrected chi connectivity index (χ3v) is 5.21. The predicted molar refractivity (Wildman–Crippen MR) is 96.3 cm³/mol. The summed E-state index contributed by atoms with van der Waals surface area (Å²) >= 11 is 12.1. The van der Waals surface area contributed by atoms with Gasteiger partial charge in [-0.2, -0.15) is 0 Å². The molecule has 1 heterocycles. The van der Waals surface area contributed by atoms with Gasteiger partial charge in [-0.25, -0.2) is 0 Å². The summed E-state index contributed by atoms with van der Waals surface area (Å²) in [6.45, 7) is 0.639. The number of amides is 2. The molecule has 3 rings (SSSR count). The molecule has 1 aromatic rings. The molecule has 128 valence electrons. The summed E-state index contributed by atoms with van der Waals surface area (Å²) in [4.78, 5) is 27.1. The lowest BCUT2D eigenvalue weighted by Crippen LogP contribution is -2.45. The third-order valence-electron chi connectivity index (χ3n) is 4.64. The standard InChI is InChI=1S/C18H20Cl2N2O2/c19-13-8-9-14(20)15(11-13)21-17(23)16-7-4-10-22(16)18(24)12-5-2-1-3-6-12/h1-2,8-9,11-12,16H,3-7,10H2,(H,21,23). The maximum atomic E-state index is 12.8. The van der Waals surface area contributed by atoms with Crippen molar-refractivity contribution in [3.63, 3.8) is 0 Å². The topological polar surface area (TPSA) is 49.4 Å². The van der Waals surface area contributed by atoms with Gasteiger partial charge in [0.15, 0.2) is 0 Å². The van der Waals surface area contributed by atoms with E-state index >= 15 is 0 Å². The Hall–Kier alpha value is -1.52. The Bertz CT molecular complexity index is 675. The first-order chi connectivity index (χ1) is 11.6. The van der Waals surface area contributed by atoms with Crippen LogP contribution in [0.4, 0.5) is 5.69 Å². The largest absolute Gasteiger partial charge is 0.330 e. The number of likely N-dealkylation sites (tertiary alicyclic amines) is 1. The van der Waals surface area contributed by atoms with Crippen molar-refractivity contribution in [3.8, 4) is 0 Å². The maximum absolute atomic E-state index is 12.8. The lowest BCUT2D eigenvalue weighted by molar-refractivity contribution is -0.140. The van der Waals surface area contributed by atoms with Crippen molar-refractivity contribution in [1.29, 1.82) is 0 Å². The molecule has 2 amide bonds. The van der Waals surface area contributed by atoms with E-state index in [1.807, 2.05) is 0 Å². The van der Waals surface area contributed by atoms with Crippen LogP contribution in [0.1, 0.15) is 32.1 Å². The van der Waals surface area contributed by atoms with Crippen LogP contribution < -0.4 is 5.32 Å². The van der Waals surface area contributed by atoms with Gasteiger partial charge >= 0.3 is 0 Å². The Balaban J connectivity index is 1.70. The highest BCUT2D eigenvalue weighted by Gasteiger charge is 2.37. The van der Waals surface area contributed by atoms with Crippen molar-refractivity contribution in [3.05, 3.63) is 40.4 Å². The van der Waals surface area contributed by atoms with Crippen molar-refractivity contribution < 1.29 is 9.59 Å². The minimum Gasteiger partial charge on any atom is -0.330 e. The summed E-state index contributed by atoms with van der Waals surface area (Å²) in [6.07, 6.45) is 8.25. The summed E-state index contributed by atoms with van der Waals surface area (Å²) in [7, 11) is 0. The van der Waals surface area contributed by atoms with Crippen LogP contribution in [-0.4, -0.2) is 29.3 Å². The Morgan fingerprint density at radius 2 is 2.00 bits per heavy atom. The van der Waals surface area contributed by atoms with Crippen LogP contribution in [0, 0.1) is 5.92 Å². The van der Waals surface area contributed by atoms with Crippen molar-refractivity contribution in [2.45, 2.75) is 38.1 Å². The molecule has 0 saturated carbocycles. The quantitative estimate of drug-likeness (QED) is 0.811. The lowest BCUT2D eigenvalue weighted by atomic mass is 9.93. The van der Waals surface area contributed by atoms with Gasteiger partial charge in [0.05, 0.1) is 10.7 Å². The van der Waals surface area contributed by atoms with Crippen LogP contribution in [0.25, 0.3) is 0 Å². The molecule has 1 aliphatic heterocycles. The van der Waals surface area contributed by atoms with Crippen molar-refractivity contribution >= 4 is 40.7 Å². The van der Waals surface area contributed by atoms with Gasteiger partial charge in [-0.1, -0.05) is 35.4 Å². The lowest BCUT2D eigenvalue weighted by Gasteiger charge is -2.28. The molecule has 1 fully saturated rings. The second-order valence-electron chi connectivity index (χ2n) is 6.28. The summed E-state index contributed by atoms with van der Waals surface area (Å²) in [5, 5.41) is 3.75. The van der Waals surface area contributed by atoms with Gasteiger partial charge in [0, 0.05) is 17.5 Å². The number of halogens is 2. The molecular weight excluding hydrogens is 347 g/mol. The first kappa shape index (κ1) is 17.3. The number of anilines is 1. The number of nitrogens with one attached hydrogen (secondary N) is 1. The van der Waals surface area contributed by atoms with Gasteiger partial charge in [-0.15, -0.1) is 0 Å². The molecule has 1 N–H and O–H groups in total. The van der Waals surface area contributed by atoms with E-state index in [9.17, 15) is 9.59 Å². The molecule has 4 nitrogen and oxygen atoms in total. The number of carbonyl (C=O) groups excluding carboxylic acids is 2. The van der Waals surface area contributed by atoms with E-state index in [1.54, 1.807) is 23.1 Å². The van der Waals surface area contributed by atoms with Crippen LogP contribution in [0.5, 0.6) is 0 Å². The average molecular weight is 367 g/mol.